The number of ether oxygens (including phenoxy) is 6. The minimum Gasteiger partial charge on any atom is -0.493 e. The molecule has 0 N–H and O–H groups in total. The van der Waals surface area contributed by atoms with Crippen molar-refractivity contribution in [3.05, 3.63) is 53.1 Å². The molecule has 0 amide bonds. The molecule has 0 spiro atoms. The van der Waals surface area contributed by atoms with Gasteiger partial charge in [-0.1, -0.05) is 12.1 Å². The van der Waals surface area contributed by atoms with Crippen LogP contribution in [0.4, 0.5) is 0 Å². The zero-order chi connectivity index (χ0) is 24.9. The molecule has 194 valence electrons. The summed E-state index contributed by atoms with van der Waals surface area (Å²) in [6, 6.07) is 12.3. The van der Waals surface area contributed by atoms with Crippen molar-refractivity contribution in [1.29, 1.82) is 0 Å². The highest BCUT2D eigenvalue weighted by atomic mass is 16.6. The normalized spacial score (nSPS) is 24.6. The van der Waals surface area contributed by atoms with Crippen molar-refractivity contribution >= 4 is 5.97 Å². The molecule has 1 saturated carbocycles. The number of benzene rings is 2. The number of esters is 1. The number of hydrogen-bond donors (Lipinski definition) is 0. The van der Waals surface area contributed by atoms with Crippen molar-refractivity contribution in [1.82, 2.24) is 0 Å². The van der Waals surface area contributed by atoms with Gasteiger partial charge in [-0.05, 0) is 86.4 Å². The van der Waals surface area contributed by atoms with Gasteiger partial charge < -0.3 is 28.4 Å². The van der Waals surface area contributed by atoms with Crippen LogP contribution in [-0.4, -0.2) is 57.3 Å². The predicted octanol–water partition coefficient (Wildman–Crippen LogP) is 4.90. The average Bonchev–Trinajstić information content (AvgIpc) is 3.79. The highest BCUT2D eigenvalue weighted by molar-refractivity contribution is 5.69. The summed E-state index contributed by atoms with van der Waals surface area (Å²) in [4.78, 5) is 12.4. The fourth-order valence-electron chi connectivity index (χ4n) is 4.76. The fraction of sp³-hybridized carbons (Fsp3) is 0.552. The van der Waals surface area contributed by atoms with Crippen LogP contribution in [0, 0.1) is 13.8 Å². The van der Waals surface area contributed by atoms with E-state index in [4.69, 9.17) is 28.4 Å². The molecule has 5 rings (SSSR count). The van der Waals surface area contributed by atoms with E-state index in [1.54, 1.807) is 0 Å². The van der Waals surface area contributed by atoms with E-state index in [1.165, 1.54) is 5.56 Å². The second-order valence-electron chi connectivity index (χ2n) is 10.0. The smallest absolute Gasteiger partial charge is 0.309 e. The zero-order valence-electron chi connectivity index (χ0n) is 21.2. The molecule has 36 heavy (non-hydrogen) atoms. The monoisotopic (exact) mass is 496 g/mol. The second-order valence-corrected chi connectivity index (χ2v) is 10.0. The van der Waals surface area contributed by atoms with E-state index in [2.05, 4.69) is 12.1 Å². The summed E-state index contributed by atoms with van der Waals surface area (Å²) in [7, 11) is 0. The lowest BCUT2D eigenvalue weighted by Crippen LogP contribution is -2.24. The molecule has 2 heterocycles. The first-order chi connectivity index (χ1) is 17.5. The van der Waals surface area contributed by atoms with Gasteiger partial charge in [-0.2, -0.15) is 0 Å². The Balaban J connectivity index is 0.998. The first kappa shape index (κ1) is 24.9. The van der Waals surface area contributed by atoms with Gasteiger partial charge in [0.15, 0.2) is 0 Å². The molecule has 3 fully saturated rings. The van der Waals surface area contributed by atoms with Crippen molar-refractivity contribution in [3.63, 3.8) is 0 Å². The van der Waals surface area contributed by atoms with Crippen LogP contribution in [0.15, 0.2) is 36.4 Å². The molecular weight excluding hydrogens is 460 g/mol. The minimum atomic E-state index is -0.197. The van der Waals surface area contributed by atoms with Crippen molar-refractivity contribution < 1.29 is 33.2 Å². The summed E-state index contributed by atoms with van der Waals surface area (Å²) in [6.45, 7) is 7.08. The van der Waals surface area contributed by atoms with E-state index >= 15 is 0 Å². The summed E-state index contributed by atoms with van der Waals surface area (Å²) in [5.41, 5.74) is 3.35. The first-order valence-electron chi connectivity index (χ1n) is 13.1. The van der Waals surface area contributed by atoms with Gasteiger partial charge in [0.25, 0.3) is 0 Å². The lowest BCUT2D eigenvalue weighted by molar-refractivity contribution is -0.151. The van der Waals surface area contributed by atoms with Crippen LogP contribution >= 0.6 is 0 Å². The Morgan fingerprint density at radius 3 is 2.06 bits per heavy atom. The Morgan fingerprint density at radius 1 is 0.833 bits per heavy atom. The van der Waals surface area contributed by atoms with E-state index in [0.717, 1.165) is 67.3 Å². The van der Waals surface area contributed by atoms with Gasteiger partial charge >= 0.3 is 5.97 Å². The predicted molar refractivity (Wildman–Crippen MR) is 134 cm³/mol. The van der Waals surface area contributed by atoms with Gasteiger partial charge in [0.1, 0.15) is 48.8 Å². The third-order valence-corrected chi connectivity index (χ3v) is 6.99. The van der Waals surface area contributed by atoms with E-state index in [1.807, 2.05) is 38.1 Å². The average molecular weight is 497 g/mol. The topological polar surface area (TPSA) is 79.1 Å². The molecule has 2 aromatic rings. The minimum absolute atomic E-state index is 0.00809. The van der Waals surface area contributed by atoms with E-state index in [9.17, 15) is 4.79 Å². The largest absolute Gasteiger partial charge is 0.493 e. The second kappa shape index (κ2) is 11.5. The number of carbonyl (C=O) groups excluding carboxylic acids is 1. The molecule has 2 aromatic carbocycles. The summed E-state index contributed by atoms with van der Waals surface area (Å²) in [5, 5.41) is 0. The van der Waals surface area contributed by atoms with Crippen molar-refractivity contribution in [2.75, 3.05) is 33.0 Å². The Bertz CT molecular complexity index is 995. The summed E-state index contributed by atoms with van der Waals surface area (Å²) < 4.78 is 33.6. The summed E-state index contributed by atoms with van der Waals surface area (Å²) in [6.07, 6.45) is 4.53. The standard InChI is InChI=1S/C29H36O7/c1-19-13-25(14-20(2)29(19)35-18-27-17-34-27)31-12-11-28(30)36-24-9-5-22(6-10-24)21-3-7-23(8-4-21)32-15-26-16-33-26/h3-4,7-8,13-14,22,24,26-27H,5-6,9-12,15-18H2,1-2H3. The third-order valence-electron chi connectivity index (χ3n) is 6.99. The van der Waals surface area contributed by atoms with Crippen LogP contribution < -0.4 is 14.2 Å². The Morgan fingerprint density at radius 2 is 1.44 bits per heavy atom. The Kier molecular flexibility index (Phi) is 7.97. The maximum atomic E-state index is 12.4. The highest BCUT2D eigenvalue weighted by Crippen LogP contribution is 2.35. The highest BCUT2D eigenvalue weighted by Gasteiger charge is 2.26. The molecule has 7 nitrogen and oxygen atoms in total. The van der Waals surface area contributed by atoms with Gasteiger partial charge in [0.05, 0.1) is 26.2 Å². The molecule has 2 atom stereocenters. The lowest BCUT2D eigenvalue weighted by atomic mass is 9.83. The maximum absolute atomic E-state index is 12.4. The molecule has 1 aliphatic carbocycles. The number of aryl methyl sites for hydroxylation is 2. The van der Waals surface area contributed by atoms with Crippen LogP contribution in [0.2, 0.25) is 0 Å². The Labute approximate surface area is 213 Å². The van der Waals surface area contributed by atoms with Crippen molar-refractivity contribution in [2.24, 2.45) is 0 Å². The number of carbonyl (C=O) groups is 1. The molecule has 0 aromatic heterocycles. The van der Waals surface area contributed by atoms with Gasteiger partial charge in [-0.15, -0.1) is 0 Å². The van der Waals surface area contributed by atoms with Gasteiger partial charge in [0.2, 0.25) is 0 Å². The van der Waals surface area contributed by atoms with E-state index < -0.39 is 0 Å². The summed E-state index contributed by atoms with van der Waals surface area (Å²) in [5.74, 6) is 2.81. The molecule has 2 saturated heterocycles. The molecule has 2 unspecified atom stereocenters. The molecular formula is C29H36O7. The quantitative estimate of drug-likeness (QED) is 0.306. The van der Waals surface area contributed by atoms with Gasteiger partial charge in [0, 0.05) is 0 Å². The van der Waals surface area contributed by atoms with E-state index in [-0.39, 0.29) is 30.7 Å². The van der Waals surface area contributed by atoms with Crippen molar-refractivity contribution in [2.45, 2.75) is 70.2 Å². The fourth-order valence-corrected chi connectivity index (χ4v) is 4.76. The molecule has 2 aliphatic heterocycles. The van der Waals surface area contributed by atoms with Crippen LogP contribution in [0.25, 0.3) is 0 Å². The number of rotatable bonds is 12. The SMILES string of the molecule is Cc1cc(OCCC(=O)OC2CCC(c3ccc(OCC4CO4)cc3)CC2)cc(C)c1OCC1CO1. The maximum Gasteiger partial charge on any atom is 0.309 e. The van der Waals surface area contributed by atoms with Gasteiger partial charge in [-0.25, -0.2) is 0 Å². The van der Waals surface area contributed by atoms with Crippen LogP contribution in [0.5, 0.6) is 17.2 Å². The number of hydrogen-bond acceptors (Lipinski definition) is 7. The zero-order valence-corrected chi connectivity index (χ0v) is 21.2. The first-order valence-corrected chi connectivity index (χ1v) is 13.1. The van der Waals surface area contributed by atoms with Gasteiger partial charge in [-0.3, -0.25) is 4.79 Å². The molecule has 3 aliphatic rings. The molecule has 0 radical (unpaired) electrons. The van der Waals surface area contributed by atoms with Crippen LogP contribution in [0.3, 0.4) is 0 Å². The third kappa shape index (κ3) is 7.14. The van der Waals surface area contributed by atoms with Crippen LogP contribution in [-0.2, 0) is 19.0 Å². The van der Waals surface area contributed by atoms with E-state index in [0.29, 0.717) is 25.7 Å². The number of epoxide rings is 2. The Hall–Kier alpha value is -2.77. The molecule has 7 heteroatoms. The van der Waals surface area contributed by atoms with Crippen LogP contribution in [0.1, 0.15) is 54.7 Å². The lowest BCUT2D eigenvalue weighted by Gasteiger charge is -2.28. The summed E-state index contributed by atoms with van der Waals surface area (Å²) >= 11 is 0. The van der Waals surface area contributed by atoms with Crippen molar-refractivity contribution in [3.8, 4) is 17.2 Å². The molecule has 0 bridgehead atoms.